The highest BCUT2D eigenvalue weighted by Gasteiger charge is 2.38. The van der Waals surface area contributed by atoms with Crippen molar-refractivity contribution in [3.63, 3.8) is 0 Å². The van der Waals surface area contributed by atoms with Crippen molar-refractivity contribution in [1.29, 1.82) is 0 Å². The summed E-state index contributed by atoms with van der Waals surface area (Å²) in [7, 11) is 0. The molecule has 3 amide bonds. The molecular weight excluding hydrogens is 610 g/mol. The summed E-state index contributed by atoms with van der Waals surface area (Å²) in [5.74, 6) is -1.88. The number of nitrogens with one attached hydrogen (secondary N) is 2. The number of alkyl carbamates (subject to hydrolysis) is 1. The van der Waals surface area contributed by atoms with Gasteiger partial charge in [0.15, 0.2) is 0 Å². The zero-order valence-corrected chi connectivity index (χ0v) is 28.1. The fraction of sp³-hybridized carbons (Fsp3) is 0.471. The van der Waals surface area contributed by atoms with Gasteiger partial charge in [-0.05, 0) is 75.4 Å². The van der Waals surface area contributed by atoms with Crippen LogP contribution in [0.2, 0.25) is 0 Å². The van der Waals surface area contributed by atoms with Crippen LogP contribution >= 0.6 is 0 Å². The normalized spacial score (nSPS) is 13.1. The molecule has 11 nitrogen and oxygen atoms in total. The molecule has 0 radical (unpaired) electrons. The summed E-state index contributed by atoms with van der Waals surface area (Å²) < 4.78 is 36.3. The molecule has 3 rings (SSSR count). The number of aliphatic hydroxyl groups is 1. The van der Waals surface area contributed by atoms with Crippen LogP contribution in [0, 0.1) is 17.0 Å². The van der Waals surface area contributed by atoms with Crippen molar-refractivity contribution in [2.24, 2.45) is 11.1 Å². The molecule has 0 aliphatic heterocycles. The van der Waals surface area contributed by atoms with Crippen LogP contribution in [0.4, 0.5) is 19.3 Å². The van der Waals surface area contributed by atoms with Crippen LogP contribution in [0.5, 0.6) is 0 Å². The first-order valence-corrected chi connectivity index (χ1v) is 15.4. The Labute approximate surface area is 274 Å². The monoisotopic (exact) mass is 656 g/mol. The summed E-state index contributed by atoms with van der Waals surface area (Å²) in [4.78, 5) is 44.0. The highest BCUT2D eigenvalue weighted by molar-refractivity contribution is 5.94. The minimum absolute atomic E-state index is 0.0581. The number of nitrogens with zero attached hydrogens (tertiary/aromatic N) is 3. The predicted octanol–water partition coefficient (Wildman–Crippen LogP) is 4.99. The highest BCUT2D eigenvalue weighted by atomic mass is 19.1. The summed E-state index contributed by atoms with van der Waals surface area (Å²) in [6.07, 6.45) is 1.32. The molecule has 2 atom stereocenters. The number of anilines is 1. The number of hydrogen-bond acceptors (Lipinski definition) is 7. The lowest BCUT2D eigenvalue weighted by Crippen LogP contribution is -2.45. The molecule has 0 aliphatic carbocycles. The highest BCUT2D eigenvalue weighted by Crippen LogP contribution is 2.39. The van der Waals surface area contributed by atoms with E-state index in [-0.39, 0.29) is 36.8 Å². The molecule has 47 heavy (non-hydrogen) atoms. The van der Waals surface area contributed by atoms with E-state index in [9.17, 15) is 23.9 Å². The van der Waals surface area contributed by atoms with Crippen molar-refractivity contribution >= 4 is 23.6 Å². The van der Waals surface area contributed by atoms with Gasteiger partial charge in [0.25, 0.3) is 0 Å². The summed E-state index contributed by atoms with van der Waals surface area (Å²) in [6, 6.07) is 8.70. The van der Waals surface area contributed by atoms with Gasteiger partial charge in [0.05, 0.1) is 17.8 Å². The molecule has 0 fully saturated rings. The van der Waals surface area contributed by atoms with Crippen LogP contribution in [0.25, 0.3) is 11.3 Å². The fourth-order valence-electron chi connectivity index (χ4n) is 5.04. The average Bonchev–Trinajstić information content (AvgIpc) is 3.36. The lowest BCUT2D eigenvalue weighted by atomic mass is 9.84. The number of carbonyl (C=O) groups is 3. The number of hydrogen-bond donors (Lipinski definition) is 4. The third-order valence-corrected chi connectivity index (χ3v) is 7.05. The van der Waals surface area contributed by atoms with E-state index in [4.69, 9.17) is 15.5 Å². The van der Waals surface area contributed by atoms with Crippen molar-refractivity contribution in [2.75, 3.05) is 25.0 Å². The number of nitrogens with two attached hydrogens (primary N) is 1. The first-order valence-electron chi connectivity index (χ1n) is 15.4. The molecule has 0 aliphatic rings. The molecule has 0 unspecified atom stereocenters. The Morgan fingerprint density at radius 2 is 1.79 bits per heavy atom. The first kappa shape index (κ1) is 37.1. The van der Waals surface area contributed by atoms with Crippen LogP contribution in [-0.2, 0) is 20.9 Å². The predicted molar refractivity (Wildman–Crippen MR) is 175 cm³/mol. The quantitative estimate of drug-likeness (QED) is 0.201. The molecule has 13 heteroatoms. The molecule has 1 aromatic heterocycles. The molecular formula is C34H46F2N6O5. The van der Waals surface area contributed by atoms with Gasteiger partial charge in [-0.3, -0.25) is 9.59 Å². The standard InChI is InChI=1S/C34H46F2N6O5/c1-21(37)31(45)39-24-11-8-10-22(16-24)18-41-19-27(25-17-23(35)12-13-26(25)36)40-30(41)29(33(2,3)4)42(28(44)20-43)15-9-14-38-32(46)47-34(5,6)7/h8,10-13,16-17,19,21,29,43H,9,14-15,18,20,37H2,1-7H3,(H,38,46)(H,39,45)/t21-,29-/m0/s1. The number of aromatic nitrogens is 2. The summed E-state index contributed by atoms with van der Waals surface area (Å²) in [6.45, 7) is 12.3. The van der Waals surface area contributed by atoms with E-state index in [1.165, 1.54) is 4.90 Å². The molecule has 5 N–H and O–H groups in total. The van der Waals surface area contributed by atoms with Gasteiger partial charge in [0.1, 0.15) is 29.7 Å². The number of halogens is 2. The largest absolute Gasteiger partial charge is 0.444 e. The molecule has 0 saturated carbocycles. The average molecular weight is 657 g/mol. The maximum atomic E-state index is 15.0. The van der Waals surface area contributed by atoms with Gasteiger partial charge in [-0.2, -0.15) is 0 Å². The summed E-state index contributed by atoms with van der Waals surface area (Å²) >= 11 is 0. The minimum Gasteiger partial charge on any atom is -0.444 e. The Morgan fingerprint density at radius 1 is 1.09 bits per heavy atom. The van der Waals surface area contributed by atoms with Crippen molar-refractivity contribution in [3.8, 4) is 11.3 Å². The fourth-order valence-corrected chi connectivity index (χ4v) is 5.04. The van der Waals surface area contributed by atoms with Gasteiger partial charge in [-0.25, -0.2) is 18.6 Å². The van der Waals surface area contributed by atoms with Crippen molar-refractivity contribution in [2.45, 2.75) is 79.1 Å². The lowest BCUT2D eigenvalue weighted by molar-refractivity contribution is -0.139. The molecule has 2 aromatic carbocycles. The smallest absolute Gasteiger partial charge is 0.407 e. The number of ether oxygens (including phenoxy) is 1. The van der Waals surface area contributed by atoms with Gasteiger partial charge in [-0.1, -0.05) is 32.9 Å². The lowest BCUT2D eigenvalue weighted by Gasteiger charge is -2.40. The molecule has 0 saturated heterocycles. The van der Waals surface area contributed by atoms with E-state index in [0.29, 0.717) is 17.9 Å². The van der Waals surface area contributed by atoms with Crippen molar-refractivity contribution in [3.05, 3.63) is 71.7 Å². The Kier molecular flexibility index (Phi) is 12.2. The van der Waals surface area contributed by atoms with E-state index in [0.717, 1.165) is 23.8 Å². The van der Waals surface area contributed by atoms with E-state index in [1.54, 1.807) is 56.7 Å². The third-order valence-electron chi connectivity index (χ3n) is 7.05. The van der Waals surface area contributed by atoms with Crippen LogP contribution in [-0.4, -0.2) is 68.8 Å². The van der Waals surface area contributed by atoms with Crippen LogP contribution in [0.3, 0.4) is 0 Å². The van der Waals surface area contributed by atoms with Crippen molar-refractivity contribution < 1.29 is 33.0 Å². The van der Waals surface area contributed by atoms with E-state index in [2.05, 4.69) is 10.6 Å². The van der Waals surface area contributed by atoms with E-state index in [1.807, 2.05) is 26.8 Å². The summed E-state index contributed by atoms with van der Waals surface area (Å²) in [5, 5.41) is 15.4. The van der Waals surface area contributed by atoms with Crippen LogP contribution in [0.1, 0.15) is 72.3 Å². The Hall–Kier alpha value is -4.36. The number of rotatable bonds is 12. The SMILES string of the molecule is C[C@H](N)C(=O)Nc1cccc(Cn2cc(-c3cc(F)ccc3F)nc2[C@H](N(CCCNC(=O)OC(C)(C)C)C(=O)CO)C(C)(C)C)c1. The second kappa shape index (κ2) is 15.5. The first-order chi connectivity index (χ1) is 21.9. The number of aliphatic hydroxyl groups excluding tert-OH is 1. The van der Waals surface area contributed by atoms with Gasteiger partial charge < -0.3 is 35.7 Å². The maximum absolute atomic E-state index is 15.0. The second-order valence-corrected chi connectivity index (χ2v) is 13.5. The molecule has 256 valence electrons. The molecule has 3 aromatic rings. The Balaban J connectivity index is 2.07. The molecule has 1 heterocycles. The second-order valence-electron chi connectivity index (χ2n) is 13.5. The van der Waals surface area contributed by atoms with E-state index >= 15 is 4.39 Å². The number of carbonyl (C=O) groups excluding carboxylic acids is 3. The summed E-state index contributed by atoms with van der Waals surface area (Å²) in [5.41, 5.74) is 5.71. The zero-order valence-electron chi connectivity index (χ0n) is 28.1. The van der Waals surface area contributed by atoms with Gasteiger partial charge >= 0.3 is 6.09 Å². The number of imidazole rings is 1. The Bertz CT molecular complexity index is 1560. The topological polar surface area (TPSA) is 152 Å². The van der Waals surface area contributed by atoms with E-state index < -0.39 is 53.3 Å². The third kappa shape index (κ3) is 10.6. The maximum Gasteiger partial charge on any atom is 0.407 e. The molecule has 0 spiro atoms. The van der Waals surface area contributed by atoms with Crippen LogP contribution in [0.15, 0.2) is 48.7 Å². The van der Waals surface area contributed by atoms with Crippen LogP contribution < -0.4 is 16.4 Å². The van der Waals surface area contributed by atoms with Gasteiger partial charge in [-0.15, -0.1) is 0 Å². The van der Waals surface area contributed by atoms with Gasteiger partial charge in [0.2, 0.25) is 11.8 Å². The zero-order chi connectivity index (χ0) is 35.1. The van der Waals surface area contributed by atoms with Gasteiger partial charge in [0, 0.05) is 37.1 Å². The number of amides is 3. The molecule has 0 bridgehead atoms. The Morgan fingerprint density at radius 3 is 2.40 bits per heavy atom. The minimum atomic E-state index is -0.778. The number of benzene rings is 2. The van der Waals surface area contributed by atoms with Crippen molar-refractivity contribution in [1.82, 2.24) is 19.8 Å².